The van der Waals surface area contributed by atoms with Crippen molar-refractivity contribution < 1.29 is 39.1 Å². The molecule has 4 nitrogen and oxygen atoms in total. The molecule has 0 amide bonds. The molecule has 0 fully saturated rings. The van der Waals surface area contributed by atoms with Gasteiger partial charge in [-0.3, -0.25) is 0 Å². The summed E-state index contributed by atoms with van der Waals surface area (Å²) in [5.41, 5.74) is 1.29. The molecule has 90 valence electrons. The standard InChI is InChI=1S/C14H11NO3.Na/c15-7-11-13(16)10-5-8-3-1-2-4-9(8)6-12(10)18-14(11)17;/h5-6,16H,1-4H2;/q;+1/p-1. The summed E-state index contributed by atoms with van der Waals surface area (Å²) >= 11 is 0. The summed E-state index contributed by atoms with van der Waals surface area (Å²) in [6.07, 6.45) is 4.10. The Balaban J connectivity index is 0.00000133. The molecule has 1 aromatic heterocycles. The summed E-state index contributed by atoms with van der Waals surface area (Å²) in [7, 11) is 0. The molecule has 0 radical (unpaired) electrons. The van der Waals surface area contributed by atoms with Crippen molar-refractivity contribution in [3.8, 4) is 11.8 Å². The first-order valence-electron chi connectivity index (χ1n) is 5.90. The molecular formula is C14H10NNaO3. The quantitative estimate of drug-likeness (QED) is 0.433. The normalized spacial score (nSPS) is 13.4. The van der Waals surface area contributed by atoms with Gasteiger partial charge in [-0.1, -0.05) is 5.75 Å². The minimum Gasteiger partial charge on any atom is -0.871 e. The van der Waals surface area contributed by atoms with E-state index < -0.39 is 16.9 Å². The van der Waals surface area contributed by atoms with E-state index in [9.17, 15) is 9.90 Å². The Bertz CT molecular complexity index is 743. The molecular weight excluding hydrogens is 253 g/mol. The van der Waals surface area contributed by atoms with Gasteiger partial charge in [-0.2, -0.15) is 5.26 Å². The van der Waals surface area contributed by atoms with Crippen LogP contribution in [0.5, 0.6) is 5.75 Å². The van der Waals surface area contributed by atoms with E-state index in [1.807, 2.05) is 0 Å². The Hall–Kier alpha value is -1.28. The Morgan fingerprint density at radius 2 is 1.84 bits per heavy atom. The monoisotopic (exact) mass is 263 g/mol. The van der Waals surface area contributed by atoms with Crippen LogP contribution >= 0.6 is 0 Å². The van der Waals surface area contributed by atoms with E-state index >= 15 is 0 Å². The fourth-order valence-corrected chi connectivity index (χ4v) is 2.50. The van der Waals surface area contributed by atoms with Gasteiger partial charge in [0.05, 0.1) is 0 Å². The Kier molecular flexibility index (Phi) is 4.00. The fraction of sp³-hybridized carbons (Fsp3) is 0.286. The number of benzene rings is 1. The molecule has 0 spiro atoms. The van der Waals surface area contributed by atoms with Crippen LogP contribution in [0.25, 0.3) is 11.0 Å². The number of nitriles is 1. The van der Waals surface area contributed by atoms with Crippen LogP contribution in [-0.2, 0) is 12.8 Å². The zero-order chi connectivity index (χ0) is 12.7. The van der Waals surface area contributed by atoms with Crippen molar-refractivity contribution in [2.45, 2.75) is 25.7 Å². The maximum atomic E-state index is 12.0. The third-order valence-corrected chi connectivity index (χ3v) is 3.43. The number of rotatable bonds is 0. The first kappa shape index (κ1) is 14.1. The van der Waals surface area contributed by atoms with Gasteiger partial charge in [0.1, 0.15) is 17.2 Å². The summed E-state index contributed by atoms with van der Waals surface area (Å²) in [6, 6.07) is 5.16. The van der Waals surface area contributed by atoms with Crippen molar-refractivity contribution in [1.29, 1.82) is 5.26 Å². The second-order valence-corrected chi connectivity index (χ2v) is 4.53. The van der Waals surface area contributed by atoms with Crippen LogP contribution < -0.4 is 40.3 Å². The Morgan fingerprint density at radius 1 is 1.21 bits per heavy atom. The molecule has 0 atom stereocenters. The van der Waals surface area contributed by atoms with E-state index in [1.165, 1.54) is 0 Å². The van der Waals surface area contributed by atoms with Gasteiger partial charge in [0.2, 0.25) is 0 Å². The third-order valence-electron chi connectivity index (χ3n) is 3.43. The molecule has 1 aliphatic carbocycles. The molecule has 0 bridgehead atoms. The SMILES string of the molecule is N#Cc1c([O-])c2cc3c(cc2oc1=O)CCCC3.[Na+]. The molecule has 1 heterocycles. The van der Waals surface area contributed by atoms with Gasteiger partial charge in [-0.05, 0) is 48.9 Å². The fourth-order valence-electron chi connectivity index (χ4n) is 2.50. The van der Waals surface area contributed by atoms with E-state index in [-0.39, 0.29) is 29.6 Å². The van der Waals surface area contributed by atoms with Crippen molar-refractivity contribution in [3.05, 3.63) is 39.2 Å². The topological polar surface area (TPSA) is 77.1 Å². The van der Waals surface area contributed by atoms with Crippen LogP contribution in [0.1, 0.15) is 29.5 Å². The predicted octanol–water partition coefficient (Wildman–Crippen LogP) is -1.38. The smallest absolute Gasteiger partial charge is 0.871 e. The van der Waals surface area contributed by atoms with Crippen molar-refractivity contribution in [3.63, 3.8) is 0 Å². The number of hydrogen-bond acceptors (Lipinski definition) is 4. The van der Waals surface area contributed by atoms with Gasteiger partial charge in [-0.15, -0.1) is 0 Å². The molecule has 2 aromatic rings. The Labute approximate surface area is 131 Å². The molecule has 0 aliphatic heterocycles. The number of aryl methyl sites for hydroxylation is 2. The molecule has 19 heavy (non-hydrogen) atoms. The van der Waals surface area contributed by atoms with Crippen molar-refractivity contribution in [2.75, 3.05) is 0 Å². The summed E-state index contributed by atoms with van der Waals surface area (Å²) in [5.74, 6) is -0.517. The van der Waals surface area contributed by atoms with Gasteiger partial charge in [0, 0.05) is 5.39 Å². The number of fused-ring (bicyclic) bond motifs is 2. The zero-order valence-corrected chi connectivity index (χ0v) is 12.7. The van der Waals surface area contributed by atoms with Crippen molar-refractivity contribution in [2.24, 2.45) is 0 Å². The number of nitrogens with zero attached hydrogens (tertiary/aromatic N) is 1. The average molecular weight is 263 g/mol. The molecule has 1 aliphatic rings. The molecule has 3 rings (SSSR count). The summed E-state index contributed by atoms with van der Waals surface area (Å²) in [4.78, 5) is 11.5. The van der Waals surface area contributed by atoms with Crippen LogP contribution in [0.3, 0.4) is 0 Å². The van der Waals surface area contributed by atoms with E-state index in [2.05, 4.69) is 0 Å². The largest absolute Gasteiger partial charge is 1.00 e. The van der Waals surface area contributed by atoms with E-state index in [0.29, 0.717) is 11.0 Å². The first-order chi connectivity index (χ1) is 8.70. The van der Waals surface area contributed by atoms with Crippen LogP contribution in [0, 0.1) is 11.3 Å². The van der Waals surface area contributed by atoms with Crippen molar-refractivity contribution >= 4 is 11.0 Å². The average Bonchev–Trinajstić information content (AvgIpc) is 2.37. The second-order valence-electron chi connectivity index (χ2n) is 4.53. The van der Waals surface area contributed by atoms with Gasteiger partial charge in [0.25, 0.3) is 0 Å². The molecule has 0 N–H and O–H groups in total. The van der Waals surface area contributed by atoms with Gasteiger partial charge in [0.15, 0.2) is 0 Å². The second kappa shape index (κ2) is 5.38. The molecule has 1 aromatic carbocycles. The third kappa shape index (κ3) is 2.30. The van der Waals surface area contributed by atoms with Gasteiger partial charge in [-0.25, -0.2) is 4.79 Å². The maximum absolute atomic E-state index is 12.0. The van der Waals surface area contributed by atoms with Crippen LogP contribution in [-0.4, -0.2) is 0 Å². The summed E-state index contributed by atoms with van der Waals surface area (Å²) in [6.45, 7) is 0. The van der Waals surface area contributed by atoms with Crippen LogP contribution in [0.2, 0.25) is 0 Å². The molecule has 5 heteroatoms. The maximum Gasteiger partial charge on any atom is 1.00 e. The van der Waals surface area contributed by atoms with Crippen LogP contribution in [0.15, 0.2) is 21.3 Å². The minimum atomic E-state index is -0.842. The van der Waals surface area contributed by atoms with Gasteiger partial charge < -0.3 is 9.52 Å². The molecule has 0 saturated heterocycles. The summed E-state index contributed by atoms with van der Waals surface area (Å²) < 4.78 is 5.05. The molecule has 0 unspecified atom stereocenters. The summed E-state index contributed by atoms with van der Waals surface area (Å²) in [5, 5.41) is 21.1. The molecule has 0 saturated carbocycles. The predicted molar refractivity (Wildman–Crippen MR) is 63.3 cm³/mol. The van der Waals surface area contributed by atoms with Crippen molar-refractivity contribution in [1.82, 2.24) is 0 Å². The zero-order valence-electron chi connectivity index (χ0n) is 10.7. The minimum absolute atomic E-state index is 0. The van der Waals surface area contributed by atoms with E-state index in [0.717, 1.165) is 36.8 Å². The number of hydrogen-bond donors (Lipinski definition) is 0. The first-order valence-corrected chi connectivity index (χ1v) is 5.90. The van der Waals surface area contributed by atoms with E-state index in [1.54, 1.807) is 18.2 Å². The van der Waals surface area contributed by atoms with Gasteiger partial charge >= 0.3 is 35.2 Å². The van der Waals surface area contributed by atoms with E-state index in [4.69, 9.17) is 9.68 Å². The Morgan fingerprint density at radius 3 is 2.47 bits per heavy atom. The van der Waals surface area contributed by atoms with Crippen LogP contribution in [0.4, 0.5) is 0 Å².